The molecule has 0 aromatic carbocycles. The molecule has 0 fully saturated rings. The summed E-state index contributed by atoms with van der Waals surface area (Å²) in [7, 11) is 0. The fraction of sp³-hybridized carbons (Fsp3) is 0. The minimum atomic E-state index is 0. The van der Waals surface area contributed by atoms with Crippen molar-refractivity contribution in [2.75, 3.05) is 0 Å². The van der Waals surface area contributed by atoms with E-state index in [0.717, 1.165) is 0 Å². The Bertz CT molecular complexity index is 7.64. The van der Waals surface area contributed by atoms with Gasteiger partial charge in [-0.15, -0.1) is 0 Å². The molecule has 0 amide bonds. The van der Waals surface area contributed by atoms with Crippen LogP contribution < -0.4 is 0 Å². The van der Waals surface area contributed by atoms with Crippen LogP contribution >= 0.6 is 0 Å². The van der Waals surface area contributed by atoms with Crippen molar-refractivity contribution in [3.05, 3.63) is 0 Å². The Morgan fingerprint density at radius 1 is 0.250 bits per heavy atom. The van der Waals surface area contributed by atoms with E-state index >= 15 is 0 Å². The minimum Gasteiger partial charge on any atom is -0.412 e. The predicted octanol–water partition coefficient (Wildman–Crippen LogP) is -2.49. The van der Waals surface area contributed by atoms with E-state index < -0.39 is 0 Å². The monoisotopic (exact) mass is 369 g/mol. The van der Waals surface area contributed by atoms with Crippen molar-refractivity contribution in [1.29, 1.82) is 0 Å². The fourth-order valence-electron chi connectivity index (χ4n) is 0. The summed E-state index contributed by atoms with van der Waals surface area (Å²) in [6, 6.07) is 0. The fourth-order valence-corrected chi connectivity index (χ4v) is 0. The van der Waals surface area contributed by atoms with Crippen molar-refractivity contribution >= 4 is 0 Å². The summed E-state index contributed by atoms with van der Waals surface area (Å²) in [5.41, 5.74) is 0. The van der Waals surface area contributed by atoms with Crippen LogP contribution in [-0.2, 0) is 85.3 Å². The topological polar surface area (TPSA) is 94.5 Å². The zero-order valence-corrected chi connectivity index (χ0v) is 7.72. The normalized spacial score (nSPS) is 0. The molecule has 0 bridgehead atoms. The van der Waals surface area contributed by atoms with E-state index in [1.54, 1.807) is 0 Å². The molecule has 79 valence electrons. The third-order valence-corrected chi connectivity index (χ3v) is 0. The molecule has 0 unspecified atom stereocenters. The van der Waals surface area contributed by atoms with Crippen LogP contribution in [0, 0.1) is 0 Å². The van der Waals surface area contributed by atoms with Crippen molar-refractivity contribution in [2.45, 2.75) is 0 Å². The van der Waals surface area contributed by atoms with Crippen molar-refractivity contribution in [2.24, 2.45) is 0 Å². The van der Waals surface area contributed by atoms with Gasteiger partial charge in [0.2, 0.25) is 0 Å². The molecule has 0 aliphatic carbocycles. The van der Waals surface area contributed by atoms with Crippen LogP contribution in [-0.4, -0.2) is 16.4 Å². The summed E-state index contributed by atoms with van der Waals surface area (Å²) in [5.74, 6) is 0. The van der Waals surface area contributed by atoms with E-state index in [0.29, 0.717) is 0 Å². The molecule has 8 heavy (non-hydrogen) atoms. The molecule has 6 N–H and O–H groups in total. The van der Waals surface area contributed by atoms with Gasteiger partial charge >= 0.3 is 0 Å². The summed E-state index contributed by atoms with van der Waals surface area (Å²) < 4.78 is 0. The summed E-state index contributed by atoms with van der Waals surface area (Å²) >= 11 is 0. The molecule has 8 heteroatoms. The van der Waals surface area contributed by atoms with E-state index in [4.69, 9.17) is 0 Å². The Morgan fingerprint density at radius 3 is 0.250 bits per heavy atom. The molecule has 0 aliphatic heterocycles. The Labute approximate surface area is 101 Å². The standard InChI is InChI=1S/5Cu.3H2O/h;;;;;3*1H2. The number of hydrogen-bond acceptors (Lipinski definition) is 0. The molecule has 0 rings (SSSR count). The molecule has 0 saturated heterocycles. The maximum atomic E-state index is 0. The van der Waals surface area contributed by atoms with E-state index in [1.807, 2.05) is 0 Å². The average Bonchev–Trinajstić information content (AvgIpc) is 0. The summed E-state index contributed by atoms with van der Waals surface area (Å²) in [5, 5.41) is 0. The van der Waals surface area contributed by atoms with Gasteiger partial charge in [-0.05, 0) is 0 Å². The molecule has 5 radical (unpaired) electrons. The first kappa shape index (κ1) is 153. The molecule has 0 heterocycles. The third-order valence-electron chi connectivity index (χ3n) is 0. The van der Waals surface area contributed by atoms with Gasteiger partial charge in [-0.25, -0.2) is 0 Å². The molecule has 0 spiro atoms. The van der Waals surface area contributed by atoms with Gasteiger partial charge in [0, 0.05) is 85.3 Å². The summed E-state index contributed by atoms with van der Waals surface area (Å²) in [6.45, 7) is 0. The molecule has 0 aromatic heterocycles. The SMILES string of the molecule is O.O.O.[Cu].[Cu].[Cu].[Cu].[Cu]. The molecule has 0 aliphatic rings. The van der Waals surface area contributed by atoms with Gasteiger partial charge in [0.15, 0.2) is 0 Å². The van der Waals surface area contributed by atoms with Crippen LogP contribution in [0.3, 0.4) is 0 Å². The van der Waals surface area contributed by atoms with Gasteiger partial charge in [0.25, 0.3) is 0 Å². The van der Waals surface area contributed by atoms with E-state index in [9.17, 15) is 0 Å². The zero-order valence-electron chi connectivity index (χ0n) is 3.01. The number of hydrogen-bond donors (Lipinski definition) is 0. The second-order valence-electron chi connectivity index (χ2n) is 0. The Balaban J connectivity index is 0. The first-order chi connectivity index (χ1) is 0. The minimum absolute atomic E-state index is 0. The molecular weight excluding hydrogens is 366 g/mol. The maximum absolute atomic E-state index is 0. The quantitative estimate of drug-likeness (QED) is 0.421. The van der Waals surface area contributed by atoms with Crippen LogP contribution in [0.15, 0.2) is 0 Å². The van der Waals surface area contributed by atoms with Gasteiger partial charge in [-0.3, -0.25) is 0 Å². The third kappa shape index (κ3) is 77.2. The molecule has 0 saturated carbocycles. The van der Waals surface area contributed by atoms with Crippen molar-refractivity contribution in [3.63, 3.8) is 0 Å². The first-order valence-electron chi connectivity index (χ1n) is 0. The Kier molecular flexibility index (Phi) is 2130. The summed E-state index contributed by atoms with van der Waals surface area (Å²) in [4.78, 5) is 0. The van der Waals surface area contributed by atoms with Gasteiger partial charge in [-0.2, -0.15) is 0 Å². The van der Waals surface area contributed by atoms with Crippen molar-refractivity contribution in [1.82, 2.24) is 0 Å². The van der Waals surface area contributed by atoms with E-state index in [2.05, 4.69) is 0 Å². The van der Waals surface area contributed by atoms with Gasteiger partial charge in [0.1, 0.15) is 0 Å². The van der Waals surface area contributed by atoms with Crippen molar-refractivity contribution < 1.29 is 102 Å². The van der Waals surface area contributed by atoms with Gasteiger partial charge in [-0.1, -0.05) is 0 Å². The molecule has 0 aromatic rings. The van der Waals surface area contributed by atoms with Crippen LogP contribution in [0.1, 0.15) is 0 Å². The Morgan fingerprint density at radius 2 is 0.250 bits per heavy atom. The number of rotatable bonds is 0. The smallest absolute Gasteiger partial charge is 0 e. The predicted molar refractivity (Wildman–Crippen MR) is 10.8 cm³/mol. The first-order valence-corrected chi connectivity index (χ1v) is 0. The maximum Gasteiger partial charge on any atom is 0 e. The van der Waals surface area contributed by atoms with Crippen LogP contribution in [0.4, 0.5) is 0 Å². The Hall–Kier alpha value is 2.48. The summed E-state index contributed by atoms with van der Waals surface area (Å²) in [6.07, 6.45) is 0. The average molecular weight is 372 g/mol. The van der Waals surface area contributed by atoms with Crippen LogP contribution in [0.5, 0.6) is 0 Å². The van der Waals surface area contributed by atoms with Gasteiger partial charge < -0.3 is 16.4 Å². The van der Waals surface area contributed by atoms with Crippen LogP contribution in [0.25, 0.3) is 0 Å². The molecular formula is H6Cu5O3. The van der Waals surface area contributed by atoms with E-state index in [-0.39, 0.29) is 102 Å². The second kappa shape index (κ2) is 111. The van der Waals surface area contributed by atoms with E-state index in [1.165, 1.54) is 0 Å². The molecule has 3 nitrogen and oxygen atoms in total. The zero-order chi connectivity index (χ0) is 0. The molecule has 0 atom stereocenters. The van der Waals surface area contributed by atoms with Gasteiger partial charge in [0.05, 0.1) is 0 Å². The van der Waals surface area contributed by atoms with Crippen LogP contribution in [0.2, 0.25) is 0 Å². The second-order valence-corrected chi connectivity index (χ2v) is 0. The largest absolute Gasteiger partial charge is 0.412 e. The van der Waals surface area contributed by atoms with Crippen molar-refractivity contribution in [3.8, 4) is 0 Å².